The number of Topliss-reactive ketones (excluding diaryl/α,β-unsaturated/α-hetero) is 4. The Bertz CT molecular complexity index is 3480. The van der Waals surface area contributed by atoms with Crippen molar-refractivity contribution < 1.29 is 91.7 Å². The van der Waals surface area contributed by atoms with E-state index in [0.717, 1.165) is 0 Å². The maximum absolute atomic E-state index is 15.3. The summed E-state index contributed by atoms with van der Waals surface area (Å²) in [5.41, 5.74) is 17.0. The maximum Gasteiger partial charge on any atom is 0.239 e. The van der Waals surface area contributed by atoms with Crippen molar-refractivity contribution in [3.63, 3.8) is 0 Å². The minimum atomic E-state index is -2.02. The summed E-state index contributed by atoms with van der Waals surface area (Å²) in [6.45, 7) is 11.7. The summed E-state index contributed by atoms with van der Waals surface area (Å²) in [6.07, 6.45) is -7.54. The van der Waals surface area contributed by atoms with E-state index in [1.165, 1.54) is 69.3 Å². The first-order valence-corrected chi connectivity index (χ1v) is 35.2. The Kier molecular flexibility index (Phi) is 41.0. The number of carbonyl (C=O) groups is 17. The van der Waals surface area contributed by atoms with Crippen molar-refractivity contribution in [2.24, 2.45) is 28.5 Å². The van der Waals surface area contributed by atoms with Gasteiger partial charge in [0.2, 0.25) is 35.4 Å². The SMILES string of the molecule is C=CCCC[C@](C)(CC[C@@H](NC(=O)CCC(=O)[C@@H](N)N[C@H](C=O)[C@@H](C)CC)N[C@H](C=O)CC(N)=O)C(=O)N[C@@H](N[C@H](C=O)Cc1ccccc1)C(=O)C[C@@H](N[C@H](C=O)CC(N)=O)C(=O)N[C@@H](N[C@@H](C)C=O)C(=O)C[C@@H](N[C@H](C=O)Cc1ccc(O)cc1)C(=O)N[C@@H](N[C@H](C=O)Cc1ccc(O)cc1)C(=O)CC. The first-order valence-electron chi connectivity index (χ1n) is 35.2. The van der Waals surface area contributed by atoms with Crippen LogP contribution in [0.4, 0.5) is 0 Å². The number of ketones is 4. The minimum absolute atomic E-state index is 0.0232. The highest BCUT2D eigenvalue weighted by Gasteiger charge is 2.40. The number of unbranched alkanes of at least 4 members (excludes halogenated alkanes) is 1. The standard InChI is InChI=1S/C74H104N14O19/c1-7-10-14-28-74(6,29-27-65(81-53(42-94)34-64(76)103)85-66(104)26-25-60(99)67(77)84-58(43-95)44(4)8-2)73(107)88-70(83-50(39-91)30-46-15-12-11-13-16-46)62(101)36-57(80-52(41-93)33-63(75)102)72(106)87-69(78-45(5)37-89)61(100)35-56(79-49(38-90)31-47-17-21-54(96)22-18-47)71(105)86-68(59(98)9-3)82-51(40-92)32-48-19-23-55(97)24-20-48/h7,11-13,15-24,37-45,49-53,56-58,65,67-70,78-84,96-97H,1,8-10,14,25-36,77H2,2-6H3,(H2,75,102)(H2,76,103)(H,85,104)(H,86,105)(H,87,106)(H,88,107)/t44-,45-,49-,50-,51-,52-,53-,56+,57+,58+,65+,67-,68+,69+,70+,74+/m0/s1. The van der Waals surface area contributed by atoms with Crippen LogP contribution in [0.2, 0.25) is 0 Å². The number of hydrogen-bond donors (Lipinski definition) is 16. The molecule has 3 aromatic rings. The molecule has 584 valence electrons. The molecule has 19 N–H and O–H groups in total. The van der Waals surface area contributed by atoms with Gasteiger partial charge in [-0.2, -0.15) is 0 Å². The maximum atomic E-state index is 15.3. The van der Waals surface area contributed by atoms with E-state index in [2.05, 4.69) is 65.1 Å². The number of nitrogens with two attached hydrogens (primary N) is 3. The van der Waals surface area contributed by atoms with E-state index >= 15 is 14.4 Å². The number of benzene rings is 3. The molecule has 0 radical (unpaired) electrons. The third-order valence-electron chi connectivity index (χ3n) is 17.7. The van der Waals surface area contributed by atoms with Crippen LogP contribution in [0.3, 0.4) is 0 Å². The van der Waals surface area contributed by atoms with Gasteiger partial charge in [-0.15, -0.1) is 6.58 Å². The monoisotopic (exact) mass is 1490 g/mol. The molecule has 16 atom stereocenters. The lowest BCUT2D eigenvalue weighted by atomic mass is 9.79. The summed E-state index contributed by atoms with van der Waals surface area (Å²) in [5.74, 6) is -9.81. The van der Waals surface area contributed by atoms with Gasteiger partial charge in [0.1, 0.15) is 80.2 Å². The van der Waals surface area contributed by atoms with Crippen molar-refractivity contribution >= 4 is 103 Å². The number of rotatable bonds is 59. The van der Waals surface area contributed by atoms with Crippen molar-refractivity contribution in [2.75, 3.05) is 0 Å². The Morgan fingerprint density at radius 3 is 1.38 bits per heavy atom. The number of phenolic OH excluding ortho intramolecular Hbond substituents is 2. The fraction of sp³-hybridized carbons (Fsp3) is 0.500. The zero-order chi connectivity index (χ0) is 79.8. The highest BCUT2D eigenvalue weighted by Crippen LogP contribution is 2.32. The van der Waals surface area contributed by atoms with Gasteiger partial charge in [-0.05, 0) is 105 Å². The number of nitrogens with one attached hydrogen (secondary N) is 11. The predicted octanol–water partition coefficient (Wildman–Crippen LogP) is -1.78. The number of primary amides is 2. The Morgan fingerprint density at radius 1 is 0.495 bits per heavy atom. The molecule has 107 heavy (non-hydrogen) atoms. The van der Waals surface area contributed by atoms with Crippen LogP contribution >= 0.6 is 0 Å². The van der Waals surface area contributed by atoms with Gasteiger partial charge >= 0.3 is 0 Å². The fourth-order valence-corrected chi connectivity index (χ4v) is 11.2. The largest absolute Gasteiger partial charge is 0.508 e. The number of hydrogen-bond acceptors (Lipinski definition) is 27. The lowest BCUT2D eigenvalue weighted by Crippen LogP contribution is -2.63. The van der Waals surface area contributed by atoms with Crippen LogP contribution in [0.15, 0.2) is 91.5 Å². The number of aldehydes is 7. The average Bonchev–Trinajstić information content (AvgIpc) is 0.806. The first-order chi connectivity index (χ1) is 50.9. The van der Waals surface area contributed by atoms with Crippen molar-refractivity contribution in [1.29, 1.82) is 0 Å². The first kappa shape index (κ1) is 91.1. The second-order valence-electron chi connectivity index (χ2n) is 26.5. The quantitative estimate of drug-likeness (QED) is 0.0129. The summed E-state index contributed by atoms with van der Waals surface area (Å²) >= 11 is 0. The molecule has 0 aromatic heterocycles. The molecule has 0 bridgehead atoms. The van der Waals surface area contributed by atoms with Gasteiger partial charge in [0.25, 0.3) is 0 Å². The molecule has 0 aliphatic heterocycles. The van der Waals surface area contributed by atoms with Crippen LogP contribution in [-0.4, -0.2) is 198 Å². The van der Waals surface area contributed by atoms with Crippen molar-refractivity contribution in [1.82, 2.24) is 58.5 Å². The highest BCUT2D eigenvalue weighted by molar-refractivity contribution is 5.99. The molecule has 0 spiro atoms. The van der Waals surface area contributed by atoms with Gasteiger partial charge in [-0.3, -0.25) is 85.2 Å². The molecule has 0 unspecified atom stereocenters. The van der Waals surface area contributed by atoms with E-state index in [0.29, 0.717) is 67.2 Å². The molecule has 0 aliphatic rings. The van der Waals surface area contributed by atoms with Crippen molar-refractivity contribution in [2.45, 2.75) is 223 Å². The molecule has 3 aromatic carbocycles. The average molecular weight is 1490 g/mol. The molecule has 33 heteroatoms. The van der Waals surface area contributed by atoms with E-state index in [9.17, 15) is 77.3 Å². The summed E-state index contributed by atoms with van der Waals surface area (Å²) in [7, 11) is 0. The fourth-order valence-electron chi connectivity index (χ4n) is 11.2. The molecule has 0 aliphatic carbocycles. The normalized spacial score (nSPS) is 16.0. The summed E-state index contributed by atoms with van der Waals surface area (Å²) in [4.78, 5) is 228. The van der Waals surface area contributed by atoms with E-state index in [1.807, 2.05) is 6.92 Å². The van der Waals surface area contributed by atoms with Gasteiger partial charge in [0.05, 0.1) is 60.5 Å². The van der Waals surface area contributed by atoms with Crippen molar-refractivity contribution in [3.8, 4) is 11.5 Å². The van der Waals surface area contributed by atoms with Crippen LogP contribution in [0, 0.1) is 11.3 Å². The molecule has 0 fully saturated rings. The summed E-state index contributed by atoms with van der Waals surface area (Å²) in [6, 6.07) is 7.31. The highest BCUT2D eigenvalue weighted by atomic mass is 16.3. The molecule has 0 heterocycles. The predicted molar refractivity (Wildman–Crippen MR) is 391 cm³/mol. The number of aromatic hydroxyl groups is 2. The molecular formula is C74H104N14O19. The zero-order valence-electron chi connectivity index (χ0n) is 60.9. The molecule has 6 amide bonds. The summed E-state index contributed by atoms with van der Waals surface area (Å²) in [5, 5.41) is 49.4. The summed E-state index contributed by atoms with van der Waals surface area (Å²) < 4.78 is 0. The van der Waals surface area contributed by atoms with Crippen LogP contribution in [0.5, 0.6) is 11.5 Å². The smallest absolute Gasteiger partial charge is 0.239 e. The van der Waals surface area contributed by atoms with E-state index in [1.54, 1.807) is 43.3 Å². The Labute approximate surface area is 621 Å². The molecule has 0 saturated heterocycles. The Hall–Kier alpha value is -10.1. The third-order valence-corrected chi connectivity index (χ3v) is 17.7. The van der Waals surface area contributed by atoms with E-state index in [4.69, 9.17) is 17.2 Å². The van der Waals surface area contributed by atoms with Gasteiger partial charge in [-0.1, -0.05) is 94.8 Å². The van der Waals surface area contributed by atoms with Gasteiger partial charge in [-0.25, -0.2) is 0 Å². The van der Waals surface area contributed by atoms with Crippen LogP contribution in [0.25, 0.3) is 0 Å². The molecular weight excluding hydrogens is 1390 g/mol. The molecule has 3 rings (SSSR count). The van der Waals surface area contributed by atoms with Gasteiger partial charge in [0.15, 0.2) is 23.1 Å². The Morgan fingerprint density at radius 2 is 0.944 bits per heavy atom. The van der Waals surface area contributed by atoms with Crippen LogP contribution < -0.4 is 75.7 Å². The Balaban J connectivity index is 2.19. The van der Waals surface area contributed by atoms with Gasteiger partial charge < -0.3 is 82.2 Å². The molecule has 0 saturated carbocycles. The minimum Gasteiger partial charge on any atom is -0.508 e. The lowest BCUT2D eigenvalue weighted by Gasteiger charge is -2.34. The van der Waals surface area contributed by atoms with Crippen LogP contribution in [0.1, 0.15) is 135 Å². The third kappa shape index (κ3) is 33.5. The topological polar surface area (TPSA) is 541 Å². The zero-order valence-corrected chi connectivity index (χ0v) is 60.9. The molecule has 33 nitrogen and oxygen atoms in total. The number of amides is 6. The lowest BCUT2D eigenvalue weighted by molar-refractivity contribution is -0.137. The van der Waals surface area contributed by atoms with Gasteiger partial charge in [0, 0.05) is 50.4 Å². The number of phenols is 2. The second-order valence-corrected chi connectivity index (χ2v) is 26.5. The van der Waals surface area contributed by atoms with Crippen LogP contribution in [-0.2, 0) is 101 Å². The number of carbonyl (C=O) groups excluding carboxylic acids is 17. The van der Waals surface area contributed by atoms with E-state index in [-0.39, 0.29) is 75.1 Å². The van der Waals surface area contributed by atoms with E-state index < -0.39 is 188 Å². The second kappa shape index (κ2) is 48.1. The van der Waals surface area contributed by atoms with Crippen molar-refractivity contribution in [3.05, 3.63) is 108 Å². The number of allylic oxidation sites excluding steroid dienone is 1.